The molecule has 0 aromatic heterocycles. The summed E-state index contributed by atoms with van der Waals surface area (Å²) in [6.45, 7) is 17.8. The fourth-order valence-electron chi connectivity index (χ4n) is 11.5. The van der Waals surface area contributed by atoms with Crippen molar-refractivity contribution in [2.45, 2.75) is 161 Å². The smallest absolute Gasteiger partial charge is 0.191 e. The third-order valence-corrected chi connectivity index (χ3v) is 19.4. The minimum absolute atomic E-state index is 0.166. The number of nitriles is 1. The molecule has 1 saturated heterocycles. The molecule has 5 aliphatic carbocycles. The van der Waals surface area contributed by atoms with Gasteiger partial charge in [-0.15, -0.1) is 0 Å². The van der Waals surface area contributed by atoms with Crippen LogP contribution in [0.2, 0.25) is 18.1 Å². The first-order chi connectivity index (χ1) is 19.8. The van der Waals surface area contributed by atoms with Crippen LogP contribution in [0.3, 0.4) is 0 Å². The molecule has 0 spiro atoms. The van der Waals surface area contributed by atoms with Crippen molar-refractivity contribution >= 4 is 8.32 Å². The van der Waals surface area contributed by atoms with Gasteiger partial charge in [-0.2, -0.15) is 10.3 Å². The van der Waals surface area contributed by atoms with Gasteiger partial charge in [0.2, 0.25) is 0 Å². The highest BCUT2D eigenvalue weighted by Crippen LogP contribution is 2.69. The van der Waals surface area contributed by atoms with Crippen molar-refractivity contribution in [1.82, 2.24) is 5.06 Å². The van der Waals surface area contributed by atoms with Crippen LogP contribution in [0.15, 0.2) is 0 Å². The maximum atomic E-state index is 10.8. The van der Waals surface area contributed by atoms with E-state index in [4.69, 9.17) is 14.0 Å². The number of hydrogen-bond acceptors (Lipinski definition) is 5. The SMILES string of the molecule is COC1CCC2(C)C(CCC3C2CCC2(C)C3CC3ON(C4CCCCC4)C(C#N)C(CO[Si](C)(C)C(C)(C)C)C32)C1. The first kappa shape index (κ1) is 31.5. The summed E-state index contributed by atoms with van der Waals surface area (Å²) in [4.78, 5) is 7.13. The summed E-state index contributed by atoms with van der Waals surface area (Å²) in [5.74, 6) is 3.77. The van der Waals surface area contributed by atoms with Crippen molar-refractivity contribution in [2.24, 2.45) is 46.3 Å². The summed E-state index contributed by atoms with van der Waals surface area (Å²) < 4.78 is 12.9. The van der Waals surface area contributed by atoms with Crippen LogP contribution in [-0.4, -0.2) is 51.4 Å². The first-order valence-electron chi connectivity index (χ1n) is 17.9. The van der Waals surface area contributed by atoms with E-state index in [0.29, 0.717) is 29.4 Å². The molecule has 11 atom stereocenters. The van der Waals surface area contributed by atoms with E-state index in [1.807, 2.05) is 7.11 Å². The van der Waals surface area contributed by atoms with Crippen molar-refractivity contribution < 1.29 is 14.0 Å². The minimum atomic E-state index is -1.95. The van der Waals surface area contributed by atoms with Gasteiger partial charge in [-0.3, -0.25) is 4.84 Å². The Morgan fingerprint density at radius 2 is 1.64 bits per heavy atom. The summed E-state index contributed by atoms with van der Waals surface area (Å²) in [5.41, 5.74) is 0.691. The van der Waals surface area contributed by atoms with Crippen molar-refractivity contribution in [3.8, 4) is 6.07 Å². The molecular formula is C36H62N2O3Si. The lowest BCUT2D eigenvalue weighted by molar-refractivity contribution is -0.299. The van der Waals surface area contributed by atoms with Crippen LogP contribution in [0.5, 0.6) is 0 Å². The topological polar surface area (TPSA) is 54.7 Å². The molecule has 0 amide bonds. The largest absolute Gasteiger partial charge is 0.416 e. The molecule has 6 aliphatic rings. The number of ether oxygens (including phenoxy) is 1. The van der Waals surface area contributed by atoms with Crippen molar-refractivity contribution in [1.29, 1.82) is 5.26 Å². The molecule has 6 rings (SSSR count). The number of rotatable bonds is 5. The third-order valence-electron chi connectivity index (χ3n) is 14.9. The summed E-state index contributed by atoms with van der Waals surface area (Å²) in [6, 6.07) is 3.01. The molecule has 0 N–H and O–H groups in total. The number of nitrogens with zero attached hydrogens (tertiary/aromatic N) is 2. The summed E-state index contributed by atoms with van der Waals surface area (Å²) in [6.07, 6.45) is 17.3. The molecule has 42 heavy (non-hydrogen) atoms. The zero-order valence-corrected chi connectivity index (χ0v) is 29.3. The molecule has 6 heteroatoms. The Morgan fingerprint density at radius 1 is 0.929 bits per heavy atom. The van der Waals surface area contributed by atoms with E-state index in [9.17, 15) is 5.26 Å². The third kappa shape index (κ3) is 5.08. The van der Waals surface area contributed by atoms with Gasteiger partial charge in [0.25, 0.3) is 0 Å². The standard InChI is InChI=1S/C36H62N2O3Si/c1-34(2,3)42(7,8)40-23-28-31(22-37)38(25-12-10-9-11-13-25)41-32-21-30-27-15-14-24-20-26(39-6)16-18-35(24,4)29(27)17-19-36(30,5)33(28)32/h24-33H,9-21,23H2,1-8H3. The Balaban J connectivity index is 1.31. The lowest BCUT2D eigenvalue weighted by Crippen LogP contribution is -2.61. The van der Waals surface area contributed by atoms with Gasteiger partial charge < -0.3 is 9.16 Å². The van der Waals surface area contributed by atoms with E-state index in [1.54, 1.807) is 0 Å². The van der Waals surface area contributed by atoms with Gasteiger partial charge in [0, 0.05) is 31.6 Å². The van der Waals surface area contributed by atoms with Gasteiger partial charge in [0.05, 0.1) is 18.3 Å². The predicted molar refractivity (Wildman–Crippen MR) is 171 cm³/mol. The fourth-order valence-corrected chi connectivity index (χ4v) is 12.5. The maximum absolute atomic E-state index is 10.8. The number of hydroxylamine groups is 2. The van der Waals surface area contributed by atoms with Crippen molar-refractivity contribution in [3.63, 3.8) is 0 Å². The summed E-state index contributed by atoms with van der Waals surface area (Å²) >= 11 is 0. The molecule has 0 aromatic carbocycles. The Morgan fingerprint density at radius 3 is 2.31 bits per heavy atom. The molecule has 0 bridgehead atoms. The van der Waals surface area contributed by atoms with Crippen molar-refractivity contribution in [3.05, 3.63) is 0 Å². The zero-order valence-electron chi connectivity index (χ0n) is 28.3. The monoisotopic (exact) mass is 598 g/mol. The quantitative estimate of drug-likeness (QED) is 0.296. The Kier molecular flexibility index (Phi) is 8.57. The molecule has 11 unspecified atom stereocenters. The lowest BCUT2D eigenvalue weighted by Gasteiger charge is -2.61. The summed E-state index contributed by atoms with van der Waals surface area (Å²) in [7, 11) is -0.0317. The summed E-state index contributed by atoms with van der Waals surface area (Å²) in [5, 5.41) is 13.2. The lowest BCUT2D eigenvalue weighted by atomic mass is 9.44. The van der Waals surface area contributed by atoms with E-state index in [0.717, 1.165) is 24.4 Å². The van der Waals surface area contributed by atoms with Crippen LogP contribution < -0.4 is 0 Å². The molecule has 6 fully saturated rings. The van der Waals surface area contributed by atoms with Crippen LogP contribution in [-0.2, 0) is 14.0 Å². The van der Waals surface area contributed by atoms with Gasteiger partial charge in [-0.25, -0.2) is 0 Å². The first-order valence-corrected chi connectivity index (χ1v) is 20.8. The van der Waals surface area contributed by atoms with Crippen LogP contribution in [0.25, 0.3) is 0 Å². The van der Waals surface area contributed by atoms with Crippen LogP contribution in [0.4, 0.5) is 0 Å². The van der Waals surface area contributed by atoms with Gasteiger partial charge in [0.15, 0.2) is 8.32 Å². The number of fused-ring (bicyclic) bond motifs is 7. The van der Waals surface area contributed by atoms with Gasteiger partial charge >= 0.3 is 0 Å². The zero-order chi connectivity index (χ0) is 30.1. The second-order valence-electron chi connectivity index (χ2n) is 17.7. The Labute approximate surface area is 258 Å². The molecular weight excluding hydrogens is 536 g/mol. The molecule has 238 valence electrons. The normalized spacial score (nSPS) is 46.7. The van der Waals surface area contributed by atoms with Crippen LogP contribution in [0, 0.1) is 57.7 Å². The van der Waals surface area contributed by atoms with Gasteiger partial charge in [0.1, 0.15) is 6.04 Å². The molecule has 5 saturated carbocycles. The highest BCUT2D eigenvalue weighted by molar-refractivity contribution is 6.74. The maximum Gasteiger partial charge on any atom is 0.191 e. The fraction of sp³-hybridized carbons (Fsp3) is 0.972. The molecule has 1 heterocycles. The van der Waals surface area contributed by atoms with E-state index in [2.05, 4.69) is 58.8 Å². The van der Waals surface area contributed by atoms with E-state index in [-0.39, 0.29) is 28.5 Å². The van der Waals surface area contributed by atoms with Crippen LogP contribution in [0.1, 0.15) is 118 Å². The highest BCUT2D eigenvalue weighted by Gasteiger charge is 2.66. The highest BCUT2D eigenvalue weighted by atomic mass is 28.4. The number of hydrogen-bond donors (Lipinski definition) is 0. The second-order valence-corrected chi connectivity index (χ2v) is 22.5. The van der Waals surface area contributed by atoms with Gasteiger partial charge in [-0.1, -0.05) is 53.9 Å². The van der Waals surface area contributed by atoms with E-state index in [1.165, 1.54) is 83.5 Å². The van der Waals surface area contributed by atoms with Crippen LogP contribution >= 0.6 is 0 Å². The predicted octanol–water partition coefficient (Wildman–Crippen LogP) is 8.75. The van der Waals surface area contributed by atoms with E-state index < -0.39 is 8.32 Å². The average Bonchev–Trinajstić information content (AvgIpc) is 3.27. The van der Waals surface area contributed by atoms with Gasteiger partial charge in [-0.05, 0) is 117 Å². The molecule has 1 aliphatic heterocycles. The van der Waals surface area contributed by atoms with E-state index >= 15 is 0 Å². The number of methoxy groups -OCH3 is 1. The minimum Gasteiger partial charge on any atom is -0.416 e. The Hall–Kier alpha value is -0.453. The average molecular weight is 599 g/mol. The Bertz CT molecular complexity index is 1020. The molecule has 5 nitrogen and oxygen atoms in total. The van der Waals surface area contributed by atoms with Crippen molar-refractivity contribution in [2.75, 3.05) is 13.7 Å². The molecule has 0 radical (unpaired) electrons. The second kappa shape index (κ2) is 11.4. The molecule has 0 aromatic rings.